The Morgan fingerprint density at radius 3 is 2.43 bits per heavy atom. The number of rotatable bonds is 5. The quantitative estimate of drug-likeness (QED) is 0.824. The Kier molecular flexibility index (Phi) is 5.17. The molecule has 21 heavy (non-hydrogen) atoms. The molecule has 0 saturated carbocycles. The lowest BCUT2D eigenvalue weighted by atomic mass is 9.87. The molecule has 0 aliphatic rings. The molecule has 2 rings (SSSR count). The largest absolute Gasteiger partial charge is 0.309 e. The van der Waals surface area contributed by atoms with Crippen LogP contribution in [-0.4, -0.2) is 11.5 Å². The van der Waals surface area contributed by atoms with Gasteiger partial charge in [0.25, 0.3) is 0 Å². The predicted molar refractivity (Wildman–Crippen MR) is 93.0 cm³/mol. The highest BCUT2D eigenvalue weighted by atomic mass is 32.1. The van der Waals surface area contributed by atoms with Gasteiger partial charge < -0.3 is 5.32 Å². The molecule has 0 spiro atoms. The number of aromatic nitrogens is 1. The monoisotopic (exact) mass is 302 g/mol. The van der Waals surface area contributed by atoms with E-state index in [1.54, 1.807) is 11.3 Å². The first kappa shape index (κ1) is 16.2. The van der Waals surface area contributed by atoms with E-state index in [1.807, 2.05) is 0 Å². The summed E-state index contributed by atoms with van der Waals surface area (Å²) in [4.78, 5) is 4.78. The number of nitrogens with zero attached hydrogens (tertiary/aromatic N) is 1. The summed E-state index contributed by atoms with van der Waals surface area (Å²) in [6.45, 7) is 12.1. The summed E-state index contributed by atoms with van der Waals surface area (Å²) in [6, 6.07) is 9.13. The first-order chi connectivity index (χ1) is 9.91. The average Bonchev–Trinajstić information content (AvgIpc) is 2.94. The maximum atomic E-state index is 4.78. The first-order valence-corrected chi connectivity index (χ1v) is 8.59. The smallest absolute Gasteiger partial charge is 0.123 e. The Balaban J connectivity index is 2.14. The average molecular weight is 302 g/mol. The summed E-state index contributed by atoms with van der Waals surface area (Å²) in [5.41, 5.74) is 3.91. The highest BCUT2D eigenvalue weighted by Gasteiger charge is 2.14. The Morgan fingerprint density at radius 1 is 1.19 bits per heavy atom. The van der Waals surface area contributed by atoms with Gasteiger partial charge in [0, 0.05) is 17.0 Å². The molecule has 0 saturated heterocycles. The molecule has 2 nitrogen and oxygen atoms in total. The minimum Gasteiger partial charge on any atom is -0.309 e. The van der Waals surface area contributed by atoms with Gasteiger partial charge in [0.15, 0.2) is 0 Å². The molecule has 1 aromatic heterocycles. The molecule has 0 radical (unpaired) electrons. The van der Waals surface area contributed by atoms with Crippen LogP contribution in [0.2, 0.25) is 0 Å². The third-order valence-electron chi connectivity index (χ3n) is 3.66. The van der Waals surface area contributed by atoms with Gasteiger partial charge in [0.2, 0.25) is 0 Å². The highest BCUT2D eigenvalue weighted by Crippen LogP contribution is 2.29. The van der Waals surface area contributed by atoms with Crippen LogP contribution in [0.25, 0.3) is 10.6 Å². The summed E-state index contributed by atoms with van der Waals surface area (Å²) in [6.07, 6.45) is 1.15. The van der Waals surface area contributed by atoms with Crippen LogP contribution in [0.5, 0.6) is 0 Å². The first-order valence-electron chi connectivity index (χ1n) is 7.71. The van der Waals surface area contributed by atoms with Gasteiger partial charge in [0.05, 0.1) is 5.69 Å². The van der Waals surface area contributed by atoms with E-state index in [4.69, 9.17) is 4.98 Å². The summed E-state index contributed by atoms with van der Waals surface area (Å²) in [7, 11) is 0. The maximum absolute atomic E-state index is 4.78. The molecule has 2 aromatic rings. The number of hydrogen-bond donors (Lipinski definition) is 1. The van der Waals surface area contributed by atoms with E-state index in [2.05, 4.69) is 69.6 Å². The molecule has 1 heterocycles. The minimum absolute atomic E-state index is 0.200. The third kappa shape index (κ3) is 4.14. The minimum atomic E-state index is 0.200. The molecule has 1 unspecified atom stereocenters. The predicted octanol–water partition coefficient (Wildman–Crippen LogP) is 5.17. The maximum Gasteiger partial charge on any atom is 0.123 e. The van der Waals surface area contributed by atoms with Crippen molar-refractivity contribution in [3.05, 3.63) is 40.9 Å². The topological polar surface area (TPSA) is 24.9 Å². The van der Waals surface area contributed by atoms with E-state index in [1.165, 1.54) is 11.1 Å². The van der Waals surface area contributed by atoms with Crippen LogP contribution in [0.1, 0.15) is 58.3 Å². The zero-order valence-corrected chi connectivity index (χ0v) is 14.6. The Labute approximate surface area is 132 Å². The molecule has 1 atom stereocenters. The van der Waals surface area contributed by atoms with E-state index in [9.17, 15) is 0 Å². The van der Waals surface area contributed by atoms with Gasteiger partial charge in [-0.15, -0.1) is 11.3 Å². The van der Waals surface area contributed by atoms with Gasteiger partial charge in [-0.2, -0.15) is 0 Å². The van der Waals surface area contributed by atoms with E-state index >= 15 is 0 Å². The lowest BCUT2D eigenvalue weighted by molar-refractivity contribution is 0.561. The van der Waals surface area contributed by atoms with Gasteiger partial charge in [-0.05, 0) is 30.9 Å². The van der Waals surface area contributed by atoms with Gasteiger partial charge in [-0.3, -0.25) is 0 Å². The van der Waals surface area contributed by atoms with Crippen molar-refractivity contribution in [1.29, 1.82) is 0 Å². The zero-order valence-electron chi connectivity index (χ0n) is 13.7. The van der Waals surface area contributed by atoms with Crippen molar-refractivity contribution in [2.75, 3.05) is 6.54 Å². The van der Waals surface area contributed by atoms with E-state index < -0.39 is 0 Å². The van der Waals surface area contributed by atoms with Crippen LogP contribution in [0.15, 0.2) is 29.6 Å². The van der Waals surface area contributed by atoms with Gasteiger partial charge >= 0.3 is 0 Å². The summed E-state index contributed by atoms with van der Waals surface area (Å²) in [5, 5.41) is 6.76. The fourth-order valence-corrected chi connectivity index (χ4v) is 3.12. The third-order valence-corrected chi connectivity index (χ3v) is 4.57. The van der Waals surface area contributed by atoms with Crippen LogP contribution in [0.3, 0.4) is 0 Å². The normalized spacial score (nSPS) is 13.4. The number of thiazole rings is 1. The van der Waals surface area contributed by atoms with Crippen molar-refractivity contribution in [3.8, 4) is 10.6 Å². The van der Waals surface area contributed by atoms with Crippen molar-refractivity contribution in [2.24, 2.45) is 0 Å². The van der Waals surface area contributed by atoms with Gasteiger partial charge in [-0.1, -0.05) is 52.0 Å². The standard InChI is InChI=1S/C18H26N2S/c1-6-11-19-13(2)16-12-21-17(20-16)14-7-9-15(10-8-14)18(3,4)5/h7-10,12-13,19H,6,11H2,1-5H3. The Hall–Kier alpha value is -1.19. The van der Waals surface area contributed by atoms with Crippen molar-refractivity contribution in [1.82, 2.24) is 10.3 Å². The van der Waals surface area contributed by atoms with Crippen LogP contribution in [0, 0.1) is 0 Å². The molecular weight excluding hydrogens is 276 g/mol. The second kappa shape index (κ2) is 6.71. The Morgan fingerprint density at radius 2 is 1.86 bits per heavy atom. The van der Waals surface area contributed by atoms with E-state index in [0.717, 1.165) is 23.7 Å². The summed E-state index contributed by atoms with van der Waals surface area (Å²) in [5.74, 6) is 0. The second-order valence-electron chi connectivity index (χ2n) is 6.58. The lowest BCUT2D eigenvalue weighted by Gasteiger charge is -2.18. The zero-order chi connectivity index (χ0) is 15.5. The van der Waals surface area contributed by atoms with Crippen molar-refractivity contribution < 1.29 is 0 Å². The molecule has 0 fully saturated rings. The molecule has 114 valence electrons. The van der Waals surface area contributed by atoms with E-state index in [0.29, 0.717) is 6.04 Å². The molecule has 1 N–H and O–H groups in total. The number of benzene rings is 1. The fourth-order valence-electron chi connectivity index (χ4n) is 2.20. The molecule has 0 aliphatic carbocycles. The number of nitrogens with one attached hydrogen (secondary N) is 1. The molecular formula is C18H26N2S. The second-order valence-corrected chi connectivity index (χ2v) is 7.44. The van der Waals surface area contributed by atoms with Crippen molar-refractivity contribution >= 4 is 11.3 Å². The Bertz CT molecular complexity index is 564. The molecule has 3 heteroatoms. The van der Waals surface area contributed by atoms with Crippen LogP contribution >= 0.6 is 11.3 Å². The highest BCUT2D eigenvalue weighted by molar-refractivity contribution is 7.13. The van der Waals surface area contributed by atoms with Crippen LogP contribution in [-0.2, 0) is 5.41 Å². The molecule has 1 aromatic carbocycles. The number of hydrogen-bond acceptors (Lipinski definition) is 3. The van der Waals surface area contributed by atoms with Crippen LogP contribution < -0.4 is 5.32 Å². The SMILES string of the molecule is CCCNC(C)c1csc(-c2ccc(C(C)(C)C)cc2)n1. The lowest BCUT2D eigenvalue weighted by Crippen LogP contribution is -2.19. The summed E-state index contributed by atoms with van der Waals surface area (Å²) >= 11 is 1.73. The molecule has 0 bridgehead atoms. The van der Waals surface area contributed by atoms with Crippen molar-refractivity contribution in [3.63, 3.8) is 0 Å². The molecule has 0 amide bonds. The van der Waals surface area contributed by atoms with Crippen molar-refractivity contribution in [2.45, 2.75) is 52.5 Å². The van der Waals surface area contributed by atoms with E-state index in [-0.39, 0.29) is 5.41 Å². The van der Waals surface area contributed by atoms with Gasteiger partial charge in [0.1, 0.15) is 5.01 Å². The van der Waals surface area contributed by atoms with Gasteiger partial charge in [-0.25, -0.2) is 4.98 Å². The summed E-state index contributed by atoms with van der Waals surface area (Å²) < 4.78 is 0. The molecule has 0 aliphatic heterocycles. The van der Waals surface area contributed by atoms with Crippen LogP contribution in [0.4, 0.5) is 0 Å². The fraction of sp³-hybridized carbons (Fsp3) is 0.500.